The van der Waals surface area contributed by atoms with Crippen LogP contribution in [0.2, 0.25) is 0 Å². The second-order valence-electron chi connectivity index (χ2n) is 7.96. The number of allylic oxidation sites excluding steroid dienone is 3. The molecule has 3 rings (SSSR count). The molecule has 31 heavy (non-hydrogen) atoms. The minimum absolute atomic E-state index is 0.221. The lowest BCUT2D eigenvalue weighted by Crippen LogP contribution is -2.31. The molecule has 0 aromatic heterocycles. The van der Waals surface area contributed by atoms with Gasteiger partial charge in [-0.1, -0.05) is 66.6 Å². The van der Waals surface area contributed by atoms with E-state index < -0.39 is 6.04 Å². The van der Waals surface area contributed by atoms with Crippen molar-refractivity contribution in [3.63, 3.8) is 0 Å². The second kappa shape index (κ2) is 10.7. The van der Waals surface area contributed by atoms with Crippen LogP contribution in [0.4, 0.5) is 0 Å². The van der Waals surface area contributed by atoms with Crippen LogP contribution in [0, 0.1) is 29.1 Å². The van der Waals surface area contributed by atoms with E-state index in [0.717, 1.165) is 36.0 Å². The molecule has 0 spiro atoms. The Hall–Kier alpha value is -2.50. The zero-order valence-electron chi connectivity index (χ0n) is 17.6. The van der Waals surface area contributed by atoms with E-state index in [1.165, 1.54) is 0 Å². The van der Waals surface area contributed by atoms with E-state index in [0.29, 0.717) is 35.3 Å². The quantitative estimate of drug-likeness (QED) is 0.498. The lowest BCUT2D eigenvalue weighted by atomic mass is 9.94. The molecule has 1 heterocycles. The van der Waals surface area contributed by atoms with Crippen LogP contribution in [0.3, 0.4) is 0 Å². The van der Waals surface area contributed by atoms with Crippen molar-refractivity contribution in [2.45, 2.75) is 39.2 Å². The van der Waals surface area contributed by atoms with Crippen LogP contribution in [-0.4, -0.2) is 25.2 Å². The number of nitrogens with one attached hydrogen (secondary N) is 1. The Labute approximate surface area is 193 Å². The average molecular weight is 455 g/mol. The number of benzene rings is 1. The van der Waals surface area contributed by atoms with Crippen molar-refractivity contribution in [1.29, 1.82) is 5.26 Å². The molecule has 1 fully saturated rings. The van der Waals surface area contributed by atoms with Gasteiger partial charge in [-0.2, -0.15) is 5.26 Å². The number of hydrogen-bond donors (Lipinski definition) is 1. The van der Waals surface area contributed by atoms with Crippen LogP contribution in [-0.2, 0) is 16.0 Å². The SMILES string of the molecule is CC(C)Cc1ccc(C2=C(Cl)C#CC(NC(=O)C=C3CCOCC3)C=C2Cl)cc1C#N. The summed E-state index contributed by atoms with van der Waals surface area (Å²) in [5, 5.41) is 13.1. The fourth-order valence-corrected chi connectivity index (χ4v) is 4.18. The number of hydrogen-bond acceptors (Lipinski definition) is 3. The van der Waals surface area contributed by atoms with Gasteiger partial charge in [-0.15, -0.1) is 0 Å². The van der Waals surface area contributed by atoms with E-state index in [1.54, 1.807) is 18.2 Å². The van der Waals surface area contributed by atoms with Gasteiger partial charge in [0.2, 0.25) is 5.91 Å². The predicted octanol–water partition coefficient (Wildman–Crippen LogP) is 5.07. The van der Waals surface area contributed by atoms with Crippen LogP contribution < -0.4 is 5.32 Å². The molecule has 160 valence electrons. The van der Waals surface area contributed by atoms with Gasteiger partial charge in [-0.25, -0.2) is 0 Å². The molecule has 1 N–H and O–H groups in total. The number of carbonyl (C=O) groups is 1. The van der Waals surface area contributed by atoms with Crippen molar-refractivity contribution in [3.05, 3.63) is 62.7 Å². The molecule has 1 amide bonds. The zero-order chi connectivity index (χ0) is 22.4. The first-order valence-corrected chi connectivity index (χ1v) is 11.0. The van der Waals surface area contributed by atoms with Crippen molar-refractivity contribution < 1.29 is 9.53 Å². The summed E-state index contributed by atoms with van der Waals surface area (Å²) in [7, 11) is 0. The van der Waals surface area contributed by atoms with Crippen LogP contribution in [0.25, 0.3) is 5.57 Å². The van der Waals surface area contributed by atoms with Gasteiger partial charge >= 0.3 is 0 Å². The van der Waals surface area contributed by atoms with Gasteiger partial charge in [0.25, 0.3) is 0 Å². The molecule has 1 aliphatic carbocycles. The normalized spacial score (nSPS) is 18.5. The zero-order valence-corrected chi connectivity index (χ0v) is 19.1. The number of carbonyl (C=O) groups excluding carboxylic acids is 1. The maximum atomic E-state index is 12.4. The summed E-state index contributed by atoms with van der Waals surface area (Å²) >= 11 is 13.0. The summed E-state index contributed by atoms with van der Waals surface area (Å²) in [4.78, 5) is 12.4. The Morgan fingerprint density at radius 2 is 2.10 bits per heavy atom. The molecular weight excluding hydrogens is 431 g/mol. The van der Waals surface area contributed by atoms with Gasteiger partial charge in [0.1, 0.15) is 6.04 Å². The molecule has 1 aromatic rings. The number of ether oxygens (including phenoxy) is 1. The number of nitriles is 1. The molecule has 0 radical (unpaired) electrons. The van der Waals surface area contributed by atoms with Crippen LogP contribution >= 0.6 is 23.2 Å². The topological polar surface area (TPSA) is 62.1 Å². The average Bonchev–Trinajstić information content (AvgIpc) is 2.86. The summed E-state index contributed by atoms with van der Waals surface area (Å²) in [6, 6.07) is 7.33. The molecule has 1 unspecified atom stereocenters. The molecule has 1 aromatic carbocycles. The fourth-order valence-electron chi connectivity index (χ4n) is 3.53. The lowest BCUT2D eigenvalue weighted by molar-refractivity contribution is -0.116. The molecule has 0 saturated carbocycles. The third-order valence-corrected chi connectivity index (χ3v) is 5.62. The van der Waals surface area contributed by atoms with E-state index in [9.17, 15) is 10.1 Å². The van der Waals surface area contributed by atoms with E-state index in [2.05, 4.69) is 37.1 Å². The first-order chi connectivity index (χ1) is 14.9. The number of amides is 1. The first kappa shape index (κ1) is 23.2. The van der Waals surface area contributed by atoms with Gasteiger partial charge in [0, 0.05) is 16.7 Å². The maximum Gasteiger partial charge on any atom is 0.245 e. The highest BCUT2D eigenvalue weighted by molar-refractivity contribution is 6.43. The fraction of sp³-hybridized carbons (Fsp3) is 0.360. The molecule has 1 atom stereocenters. The predicted molar refractivity (Wildman–Crippen MR) is 124 cm³/mol. The van der Waals surface area contributed by atoms with Crippen molar-refractivity contribution in [1.82, 2.24) is 5.32 Å². The van der Waals surface area contributed by atoms with Crippen molar-refractivity contribution in [2.24, 2.45) is 5.92 Å². The van der Waals surface area contributed by atoms with Crippen molar-refractivity contribution in [2.75, 3.05) is 13.2 Å². The third kappa shape index (κ3) is 6.25. The number of halogens is 2. The molecule has 6 heteroatoms. The summed E-state index contributed by atoms with van der Waals surface area (Å²) in [5.74, 6) is 6.05. The molecular formula is C25H24Cl2N2O2. The van der Waals surface area contributed by atoms with Crippen LogP contribution in [0.15, 0.2) is 46.0 Å². The molecule has 2 aliphatic rings. The minimum atomic E-state index is -0.571. The largest absolute Gasteiger partial charge is 0.381 e. The van der Waals surface area contributed by atoms with E-state index in [-0.39, 0.29) is 10.9 Å². The van der Waals surface area contributed by atoms with Crippen molar-refractivity contribution >= 4 is 34.7 Å². The van der Waals surface area contributed by atoms with Gasteiger partial charge in [-0.05, 0) is 48.4 Å². The minimum Gasteiger partial charge on any atom is -0.381 e. The van der Waals surface area contributed by atoms with E-state index in [1.807, 2.05) is 12.1 Å². The Morgan fingerprint density at radius 3 is 2.77 bits per heavy atom. The summed E-state index contributed by atoms with van der Waals surface area (Å²) in [5.41, 5.74) is 3.92. The molecule has 0 bridgehead atoms. The van der Waals surface area contributed by atoms with Gasteiger partial charge in [-0.3, -0.25) is 4.79 Å². The highest BCUT2D eigenvalue weighted by Gasteiger charge is 2.18. The van der Waals surface area contributed by atoms with Gasteiger partial charge < -0.3 is 10.1 Å². The Morgan fingerprint density at radius 1 is 1.35 bits per heavy atom. The second-order valence-corrected chi connectivity index (χ2v) is 8.74. The highest BCUT2D eigenvalue weighted by atomic mass is 35.5. The van der Waals surface area contributed by atoms with E-state index in [4.69, 9.17) is 27.9 Å². The van der Waals surface area contributed by atoms with Crippen LogP contribution in [0.1, 0.15) is 43.4 Å². The summed E-state index contributed by atoms with van der Waals surface area (Å²) in [6.45, 7) is 5.50. The molecule has 4 nitrogen and oxygen atoms in total. The first-order valence-electron chi connectivity index (χ1n) is 10.3. The highest BCUT2D eigenvalue weighted by Crippen LogP contribution is 2.34. The van der Waals surface area contributed by atoms with Gasteiger partial charge in [0.05, 0.1) is 29.9 Å². The standard InChI is InChI=1S/C25H24Cl2N2O2/c1-16(2)11-18-3-4-19(13-20(18)15-28)25-22(26)6-5-21(14-23(25)27)29-24(30)12-17-7-9-31-10-8-17/h3-4,12-14,16,21H,7-11H2,1-2H3,(H,29,30). The lowest BCUT2D eigenvalue weighted by Gasteiger charge is -2.15. The third-order valence-electron chi connectivity index (χ3n) is 5.02. The Balaban J connectivity index is 1.82. The molecule has 1 aliphatic heterocycles. The number of rotatable bonds is 5. The van der Waals surface area contributed by atoms with E-state index >= 15 is 0 Å². The summed E-state index contributed by atoms with van der Waals surface area (Å²) in [6.07, 6.45) is 5.61. The Bertz CT molecular complexity index is 1060. The molecule has 1 saturated heterocycles. The number of nitrogens with zero attached hydrogens (tertiary/aromatic N) is 1. The van der Waals surface area contributed by atoms with Crippen LogP contribution in [0.5, 0.6) is 0 Å². The van der Waals surface area contributed by atoms with Gasteiger partial charge in [0.15, 0.2) is 0 Å². The van der Waals surface area contributed by atoms with Crippen molar-refractivity contribution in [3.8, 4) is 17.9 Å². The summed E-state index contributed by atoms with van der Waals surface area (Å²) < 4.78 is 5.31. The Kier molecular flexibility index (Phi) is 7.99. The smallest absolute Gasteiger partial charge is 0.245 e. The maximum absolute atomic E-state index is 12.4. The monoisotopic (exact) mass is 454 g/mol.